The highest BCUT2D eigenvalue weighted by Crippen LogP contribution is 2.29. The highest BCUT2D eigenvalue weighted by molar-refractivity contribution is 5.99. The molecule has 2 aromatic rings. The quantitative estimate of drug-likeness (QED) is 0.181. The summed E-state index contributed by atoms with van der Waals surface area (Å²) in [6.07, 6.45) is -0.174. The van der Waals surface area contributed by atoms with Crippen molar-refractivity contribution in [2.24, 2.45) is 11.5 Å². The summed E-state index contributed by atoms with van der Waals surface area (Å²) in [5.41, 5.74) is 15.5. The van der Waals surface area contributed by atoms with Crippen molar-refractivity contribution < 1.29 is 19.1 Å². The highest BCUT2D eigenvalue weighted by Gasteiger charge is 2.26. The monoisotopic (exact) mass is 496 g/mol. The first kappa shape index (κ1) is 28.3. The van der Waals surface area contributed by atoms with Crippen LogP contribution in [0.3, 0.4) is 0 Å². The fourth-order valence-electron chi connectivity index (χ4n) is 3.66. The molecular weight excluding hydrogens is 460 g/mol. The van der Waals surface area contributed by atoms with E-state index < -0.39 is 12.0 Å². The number of carbonyl (C=O) groups excluding carboxylic acids is 3. The number of nitrogens with zero attached hydrogens (tertiary/aromatic N) is 1. The van der Waals surface area contributed by atoms with E-state index in [1.165, 1.54) is 0 Å². The molecule has 0 aliphatic rings. The Morgan fingerprint density at radius 1 is 1.08 bits per heavy atom. The molecule has 0 radical (unpaired) electrons. The van der Waals surface area contributed by atoms with Gasteiger partial charge in [-0.15, -0.1) is 0 Å². The number of anilines is 3. The number of hydrogen-bond acceptors (Lipinski definition) is 7. The Balaban J connectivity index is 2.11. The molecule has 1 atom stereocenters. The lowest BCUT2D eigenvalue weighted by Gasteiger charge is -2.30. The maximum absolute atomic E-state index is 13.1. The zero-order valence-electron chi connectivity index (χ0n) is 21.5. The summed E-state index contributed by atoms with van der Waals surface area (Å²) >= 11 is 0. The Bertz CT molecular complexity index is 1110. The van der Waals surface area contributed by atoms with Gasteiger partial charge in [-0.05, 0) is 82.1 Å². The van der Waals surface area contributed by atoms with Crippen molar-refractivity contribution in [1.82, 2.24) is 0 Å². The second-order valence-corrected chi connectivity index (χ2v) is 8.77. The molecule has 10 heteroatoms. The molecule has 7 N–H and O–H groups in total. The highest BCUT2D eigenvalue weighted by atomic mass is 16.5. The molecule has 0 saturated carbocycles. The van der Waals surface area contributed by atoms with E-state index in [0.29, 0.717) is 16.9 Å². The molecule has 1 unspecified atom stereocenters. The minimum atomic E-state index is -1.04. The molecule has 0 heterocycles. The number of amidine groups is 1. The molecule has 0 aromatic heterocycles. The lowest BCUT2D eigenvalue weighted by molar-refractivity contribution is -0.146. The zero-order valence-corrected chi connectivity index (χ0v) is 21.5. The van der Waals surface area contributed by atoms with Gasteiger partial charge in [0.05, 0.1) is 19.6 Å². The van der Waals surface area contributed by atoms with Crippen LogP contribution < -0.4 is 27.0 Å². The van der Waals surface area contributed by atoms with Gasteiger partial charge >= 0.3 is 5.97 Å². The molecule has 0 aliphatic heterocycles. The van der Waals surface area contributed by atoms with E-state index >= 15 is 0 Å². The van der Waals surface area contributed by atoms with Crippen molar-refractivity contribution in [2.45, 2.75) is 53.1 Å². The number of hydrogen-bond donors (Lipinski definition) is 5. The Morgan fingerprint density at radius 2 is 1.72 bits per heavy atom. The number of esters is 1. The van der Waals surface area contributed by atoms with Gasteiger partial charge < -0.3 is 31.7 Å². The number of rotatable bonds is 11. The molecular formula is C26H36N6O4. The smallest absolute Gasteiger partial charge is 0.323 e. The summed E-state index contributed by atoms with van der Waals surface area (Å²) < 4.78 is 4.92. The lowest BCUT2D eigenvalue weighted by Crippen LogP contribution is -2.43. The summed E-state index contributed by atoms with van der Waals surface area (Å²) in [6.45, 7) is 9.39. The Hall–Kier alpha value is -3.92. The van der Waals surface area contributed by atoms with Gasteiger partial charge in [0, 0.05) is 28.7 Å². The summed E-state index contributed by atoms with van der Waals surface area (Å²) in [4.78, 5) is 39.1. The Kier molecular flexibility index (Phi) is 9.98. The van der Waals surface area contributed by atoms with Gasteiger partial charge in [0.15, 0.2) is 0 Å². The average Bonchev–Trinajstić information content (AvgIpc) is 2.81. The third-order valence-corrected chi connectivity index (χ3v) is 5.49. The first-order valence-electron chi connectivity index (χ1n) is 11.8. The fraction of sp³-hybridized carbons (Fsp3) is 0.385. The van der Waals surface area contributed by atoms with Crippen molar-refractivity contribution in [2.75, 3.05) is 28.7 Å². The molecule has 194 valence electrons. The largest absolute Gasteiger partial charge is 0.465 e. The SMILES string of the molecule is CCOC(=O)C(N)CC(=O)N(c1cc(C)c(NC(=O)CNc2ccc(C(=N)N)cc2)cc1C)C(C)C. The van der Waals surface area contributed by atoms with Crippen molar-refractivity contribution in [1.29, 1.82) is 5.41 Å². The predicted octanol–water partition coefficient (Wildman–Crippen LogP) is 2.66. The minimum Gasteiger partial charge on any atom is -0.465 e. The third-order valence-electron chi connectivity index (χ3n) is 5.49. The average molecular weight is 497 g/mol. The van der Waals surface area contributed by atoms with Crippen LogP contribution in [-0.2, 0) is 19.1 Å². The van der Waals surface area contributed by atoms with Crippen molar-refractivity contribution in [3.63, 3.8) is 0 Å². The van der Waals surface area contributed by atoms with Gasteiger partial charge in [-0.25, -0.2) is 0 Å². The van der Waals surface area contributed by atoms with Crippen LogP contribution in [0.1, 0.15) is 43.9 Å². The topological polar surface area (TPSA) is 164 Å². The number of amides is 2. The van der Waals surface area contributed by atoms with E-state index in [9.17, 15) is 14.4 Å². The summed E-state index contributed by atoms with van der Waals surface area (Å²) in [5, 5.41) is 13.4. The van der Waals surface area contributed by atoms with Crippen LogP contribution in [0, 0.1) is 19.3 Å². The number of nitrogens with one attached hydrogen (secondary N) is 3. The number of aryl methyl sites for hydroxylation is 2. The van der Waals surface area contributed by atoms with E-state index in [1.54, 1.807) is 36.1 Å². The first-order chi connectivity index (χ1) is 16.9. The van der Waals surface area contributed by atoms with Crippen LogP contribution in [0.15, 0.2) is 36.4 Å². The second kappa shape index (κ2) is 12.7. The summed E-state index contributed by atoms with van der Waals surface area (Å²) in [6, 6.07) is 9.35. The fourth-order valence-corrected chi connectivity index (χ4v) is 3.66. The van der Waals surface area contributed by atoms with Crippen LogP contribution in [-0.4, -0.2) is 48.9 Å². The molecule has 36 heavy (non-hydrogen) atoms. The van der Waals surface area contributed by atoms with Gasteiger partial charge in [-0.3, -0.25) is 19.8 Å². The molecule has 0 fully saturated rings. The van der Waals surface area contributed by atoms with E-state index in [-0.39, 0.29) is 43.3 Å². The van der Waals surface area contributed by atoms with Crippen LogP contribution in [0.2, 0.25) is 0 Å². The molecule has 2 rings (SSSR count). The molecule has 0 saturated heterocycles. The van der Waals surface area contributed by atoms with E-state index in [0.717, 1.165) is 16.8 Å². The van der Waals surface area contributed by atoms with Crippen molar-refractivity contribution in [3.8, 4) is 0 Å². The molecule has 0 bridgehead atoms. The van der Waals surface area contributed by atoms with Crippen LogP contribution in [0.5, 0.6) is 0 Å². The van der Waals surface area contributed by atoms with E-state index in [1.807, 2.05) is 39.8 Å². The molecule has 2 amide bonds. The van der Waals surface area contributed by atoms with Crippen LogP contribution in [0.4, 0.5) is 17.1 Å². The number of nitrogen functional groups attached to an aromatic ring is 1. The standard InChI is InChI=1S/C26H36N6O4/c1-6-36-26(35)20(27)13-24(34)32(15(2)3)22-12-16(4)21(11-17(22)5)31-23(33)14-30-19-9-7-18(8-10-19)25(28)29/h7-12,15,20,30H,6,13-14,27H2,1-5H3,(H3,28,29)(H,31,33). The third kappa shape index (κ3) is 7.54. The van der Waals surface area contributed by atoms with Gasteiger partial charge in [0.1, 0.15) is 11.9 Å². The summed E-state index contributed by atoms with van der Waals surface area (Å²) in [7, 11) is 0. The van der Waals surface area contributed by atoms with Crippen LogP contribution in [0.25, 0.3) is 0 Å². The van der Waals surface area contributed by atoms with Crippen molar-refractivity contribution >= 4 is 40.7 Å². The number of benzene rings is 2. The van der Waals surface area contributed by atoms with Crippen molar-refractivity contribution in [3.05, 3.63) is 53.1 Å². The first-order valence-corrected chi connectivity index (χ1v) is 11.8. The van der Waals surface area contributed by atoms with Gasteiger partial charge in [0.25, 0.3) is 0 Å². The Morgan fingerprint density at radius 3 is 2.28 bits per heavy atom. The lowest BCUT2D eigenvalue weighted by atomic mass is 10.0. The maximum atomic E-state index is 13.1. The minimum absolute atomic E-state index is 0.0202. The predicted molar refractivity (Wildman–Crippen MR) is 142 cm³/mol. The molecule has 0 aliphatic carbocycles. The van der Waals surface area contributed by atoms with Gasteiger partial charge in [-0.2, -0.15) is 0 Å². The van der Waals surface area contributed by atoms with E-state index in [2.05, 4.69) is 10.6 Å². The number of carbonyl (C=O) groups is 3. The molecule has 0 spiro atoms. The molecule has 2 aromatic carbocycles. The summed E-state index contributed by atoms with van der Waals surface area (Å²) in [5.74, 6) is -1.15. The van der Waals surface area contributed by atoms with E-state index in [4.69, 9.17) is 21.6 Å². The zero-order chi connectivity index (χ0) is 27.0. The number of nitrogens with two attached hydrogens (primary N) is 2. The molecule has 10 nitrogen and oxygen atoms in total. The normalized spacial score (nSPS) is 11.5. The number of ether oxygens (including phenoxy) is 1. The maximum Gasteiger partial charge on any atom is 0.323 e. The van der Waals surface area contributed by atoms with Crippen LogP contribution >= 0.6 is 0 Å². The van der Waals surface area contributed by atoms with Gasteiger partial charge in [0.2, 0.25) is 11.8 Å². The second-order valence-electron chi connectivity index (χ2n) is 8.77. The Labute approximate surface area is 211 Å². The van der Waals surface area contributed by atoms with Gasteiger partial charge in [-0.1, -0.05) is 0 Å².